The van der Waals surface area contributed by atoms with Gasteiger partial charge in [0.1, 0.15) is 0 Å². The molecule has 1 amide bonds. The van der Waals surface area contributed by atoms with Crippen molar-refractivity contribution in [3.63, 3.8) is 0 Å². The van der Waals surface area contributed by atoms with Crippen LogP contribution >= 0.6 is 0 Å². The molecule has 0 bridgehead atoms. The Kier molecular flexibility index (Phi) is 3.59. The molecule has 120 valence electrons. The molecule has 0 N–H and O–H groups in total. The third-order valence-corrected chi connectivity index (χ3v) is 6.98. The average Bonchev–Trinajstić information content (AvgIpc) is 2.91. The fourth-order valence-corrected chi connectivity index (χ4v) is 5.89. The first-order chi connectivity index (χ1) is 10.2. The van der Waals surface area contributed by atoms with E-state index in [-0.39, 0.29) is 29.2 Å². The third-order valence-electron chi connectivity index (χ3n) is 5.11. The molecule has 2 fully saturated rings. The Hall–Kier alpha value is -1.36. The van der Waals surface area contributed by atoms with Crippen LogP contribution in [0.4, 0.5) is 0 Å². The lowest BCUT2D eigenvalue weighted by atomic mass is 9.83. The van der Waals surface area contributed by atoms with E-state index in [1.807, 2.05) is 49.9 Å². The highest BCUT2D eigenvalue weighted by Crippen LogP contribution is 2.35. The van der Waals surface area contributed by atoms with Crippen molar-refractivity contribution in [3.8, 4) is 0 Å². The van der Waals surface area contributed by atoms with Crippen LogP contribution in [0.2, 0.25) is 0 Å². The quantitative estimate of drug-likeness (QED) is 0.834. The van der Waals surface area contributed by atoms with Gasteiger partial charge in [0.15, 0.2) is 9.84 Å². The molecule has 1 aromatic rings. The normalized spacial score (nSPS) is 27.0. The average molecular weight is 321 g/mol. The summed E-state index contributed by atoms with van der Waals surface area (Å²) in [6.07, 6.45) is 0. The first-order valence-corrected chi connectivity index (χ1v) is 9.58. The van der Waals surface area contributed by atoms with E-state index < -0.39 is 15.3 Å². The molecule has 2 heterocycles. The van der Waals surface area contributed by atoms with Crippen LogP contribution in [0.1, 0.15) is 25.0 Å². The molecule has 2 aliphatic rings. The van der Waals surface area contributed by atoms with Gasteiger partial charge < -0.3 is 4.90 Å². The highest BCUT2D eigenvalue weighted by atomic mass is 32.2. The highest BCUT2D eigenvalue weighted by molar-refractivity contribution is 7.91. The number of hydrogen-bond donors (Lipinski definition) is 0. The molecule has 2 aliphatic heterocycles. The van der Waals surface area contributed by atoms with E-state index in [9.17, 15) is 13.2 Å². The van der Waals surface area contributed by atoms with Crippen LogP contribution in [-0.4, -0.2) is 43.8 Å². The summed E-state index contributed by atoms with van der Waals surface area (Å²) in [6.45, 7) is 7.09. The van der Waals surface area contributed by atoms with Crippen molar-refractivity contribution in [3.05, 3.63) is 35.4 Å². The van der Waals surface area contributed by atoms with E-state index in [0.717, 1.165) is 5.56 Å². The van der Waals surface area contributed by atoms with E-state index in [2.05, 4.69) is 0 Å². The Morgan fingerprint density at radius 2 is 1.59 bits per heavy atom. The lowest BCUT2D eigenvalue weighted by molar-refractivity contribution is -0.135. The number of likely N-dealkylation sites (tertiary alicyclic amines) is 1. The van der Waals surface area contributed by atoms with Gasteiger partial charge in [0.25, 0.3) is 0 Å². The molecule has 0 spiro atoms. The van der Waals surface area contributed by atoms with Crippen LogP contribution in [0.25, 0.3) is 0 Å². The molecule has 5 heteroatoms. The summed E-state index contributed by atoms with van der Waals surface area (Å²) in [4.78, 5) is 14.8. The van der Waals surface area contributed by atoms with Crippen molar-refractivity contribution in [2.24, 2.45) is 11.8 Å². The topological polar surface area (TPSA) is 54.5 Å². The van der Waals surface area contributed by atoms with Gasteiger partial charge in [0, 0.05) is 13.1 Å². The second kappa shape index (κ2) is 5.08. The van der Waals surface area contributed by atoms with Gasteiger partial charge in [-0.05, 0) is 38.2 Å². The fraction of sp³-hybridized carbons (Fsp3) is 0.588. The van der Waals surface area contributed by atoms with Crippen molar-refractivity contribution in [1.29, 1.82) is 0 Å². The molecule has 0 aromatic heterocycles. The summed E-state index contributed by atoms with van der Waals surface area (Å²) < 4.78 is 23.3. The molecule has 0 radical (unpaired) electrons. The van der Waals surface area contributed by atoms with E-state index in [1.165, 1.54) is 5.56 Å². The van der Waals surface area contributed by atoms with E-state index in [0.29, 0.717) is 13.1 Å². The second-order valence-corrected chi connectivity index (χ2v) is 9.45. The molecule has 1 aromatic carbocycles. The van der Waals surface area contributed by atoms with Gasteiger partial charge in [-0.3, -0.25) is 4.79 Å². The van der Waals surface area contributed by atoms with Crippen molar-refractivity contribution >= 4 is 15.7 Å². The molecule has 2 saturated heterocycles. The van der Waals surface area contributed by atoms with Gasteiger partial charge in [-0.25, -0.2) is 8.42 Å². The molecule has 3 rings (SSSR count). The maximum absolute atomic E-state index is 12.9. The van der Waals surface area contributed by atoms with Crippen molar-refractivity contribution in [2.75, 3.05) is 24.6 Å². The first kappa shape index (κ1) is 15.5. The largest absolute Gasteiger partial charge is 0.341 e. The Bertz CT molecular complexity index is 671. The molecular formula is C17H23NO3S. The van der Waals surface area contributed by atoms with Gasteiger partial charge in [0.05, 0.1) is 16.9 Å². The lowest BCUT2D eigenvalue weighted by Gasteiger charge is -2.30. The van der Waals surface area contributed by atoms with E-state index >= 15 is 0 Å². The summed E-state index contributed by atoms with van der Waals surface area (Å²) in [7, 11) is -2.89. The predicted octanol–water partition coefficient (Wildman–Crippen LogP) is 1.78. The molecule has 2 atom stereocenters. The molecule has 22 heavy (non-hydrogen) atoms. The number of nitrogens with zero attached hydrogens (tertiary/aromatic N) is 1. The fourth-order valence-electron chi connectivity index (χ4n) is 3.69. The second-order valence-electron chi connectivity index (χ2n) is 7.30. The van der Waals surface area contributed by atoms with Gasteiger partial charge in [0.2, 0.25) is 5.91 Å². The molecule has 4 nitrogen and oxygen atoms in total. The standard InChI is InChI=1S/C17H23NO3S/c1-12-4-6-15(7-5-12)17(2,3)16(19)18-8-13-10-22(20,21)11-14(13)9-18/h4-7,13-14H,8-11H2,1-3H3/t13-,14+. The molecule has 0 saturated carbocycles. The summed E-state index contributed by atoms with van der Waals surface area (Å²) in [5.41, 5.74) is 1.60. The number of aryl methyl sites for hydroxylation is 1. The van der Waals surface area contributed by atoms with Crippen LogP contribution in [0.5, 0.6) is 0 Å². The van der Waals surface area contributed by atoms with Gasteiger partial charge >= 0.3 is 0 Å². The highest BCUT2D eigenvalue weighted by Gasteiger charge is 2.47. The smallest absolute Gasteiger partial charge is 0.232 e. The number of amides is 1. The monoisotopic (exact) mass is 321 g/mol. The minimum absolute atomic E-state index is 0.100. The minimum Gasteiger partial charge on any atom is -0.341 e. The van der Waals surface area contributed by atoms with Crippen molar-refractivity contribution < 1.29 is 13.2 Å². The summed E-state index contributed by atoms with van der Waals surface area (Å²) >= 11 is 0. The molecule has 0 unspecified atom stereocenters. The minimum atomic E-state index is -2.89. The number of carbonyl (C=O) groups is 1. The Morgan fingerprint density at radius 3 is 2.09 bits per heavy atom. The molecular weight excluding hydrogens is 298 g/mol. The van der Waals surface area contributed by atoms with Crippen LogP contribution in [0.3, 0.4) is 0 Å². The number of rotatable bonds is 2. The zero-order valence-corrected chi connectivity index (χ0v) is 14.2. The Labute approximate surface area is 132 Å². The number of hydrogen-bond acceptors (Lipinski definition) is 3. The van der Waals surface area contributed by atoms with E-state index in [4.69, 9.17) is 0 Å². The van der Waals surface area contributed by atoms with Crippen LogP contribution in [-0.2, 0) is 20.0 Å². The lowest BCUT2D eigenvalue weighted by Crippen LogP contribution is -2.43. The maximum atomic E-state index is 12.9. The Balaban J connectivity index is 1.76. The van der Waals surface area contributed by atoms with Crippen molar-refractivity contribution in [1.82, 2.24) is 4.90 Å². The third kappa shape index (κ3) is 2.67. The molecule has 0 aliphatic carbocycles. The number of sulfone groups is 1. The number of carbonyl (C=O) groups excluding carboxylic acids is 1. The zero-order chi connectivity index (χ0) is 16.1. The number of fused-ring (bicyclic) bond motifs is 1. The summed E-state index contributed by atoms with van der Waals surface area (Å²) in [5, 5.41) is 0. The van der Waals surface area contributed by atoms with Gasteiger partial charge in [-0.2, -0.15) is 0 Å². The van der Waals surface area contributed by atoms with Gasteiger partial charge in [-0.1, -0.05) is 29.8 Å². The van der Waals surface area contributed by atoms with E-state index in [1.54, 1.807) is 0 Å². The van der Waals surface area contributed by atoms with Crippen molar-refractivity contribution in [2.45, 2.75) is 26.2 Å². The zero-order valence-electron chi connectivity index (χ0n) is 13.4. The summed E-state index contributed by atoms with van der Waals surface area (Å²) in [5.74, 6) is 0.840. The van der Waals surface area contributed by atoms with Gasteiger partial charge in [-0.15, -0.1) is 0 Å². The summed E-state index contributed by atoms with van der Waals surface area (Å²) in [6, 6.07) is 8.06. The SMILES string of the molecule is Cc1ccc(C(C)(C)C(=O)N2C[C@@H]3CS(=O)(=O)C[C@@H]3C2)cc1. The van der Waals surface area contributed by atoms with Crippen LogP contribution < -0.4 is 0 Å². The van der Waals surface area contributed by atoms with Crippen LogP contribution in [0.15, 0.2) is 24.3 Å². The first-order valence-electron chi connectivity index (χ1n) is 7.76. The predicted molar refractivity (Wildman–Crippen MR) is 86.4 cm³/mol. The van der Waals surface area contributed by atoms with Crippen LogP contribution in [0, 0.1) is 18.8 Å². The maximum Gasteiger partial charge on any atom is 0.232 e. The Morgan fingerprint density at radius 1 is 1.09 bits per heavy atom. The number of benzene rings is 1.